The van der Waals surface area contributed by atoms with Crippen LogP contribution >= 0.6 is 0 Å². The average Bonchev–Trinajstić information content (AvgIpc) is 1.84. The van der Waals surface area contributed by atoms with Crippen molar-refractivity contribution in [2.24, 2.45) is 0 Å². The Morgan fingerprint density at radius 1 is 0.278 bits per heavy atom. The van der Waals surface area contributed by atoms with Gasteiger partial charge >= 0.3 is 0 Å². The number of hydrogen-bond donors (Lipinski definition) is 0. The summed E-state index contributed by atoms with van der Waals surface area (Å²) in [6, 6.07) is 101. The lowest BCUT2D eigenvalue weighted by Crippen LogP contribution is -2.82. The minimum absolute atomic E-state index is 0.00368. The van der Waals surface area contributed by atoms with Crippen molar-refractivity contribution in [3.8, 4) is 11.4 Å². The maximum absolute atomic E-state index is 3.22. The summed E-state index contributed by atoms with van der Waals surface area (Å²) in [7, 11) is -6.35. The van der Waals surface area contributed by atoms with Gasteiger partial charge in [-0.3, -0.25) is 0 Å². The van der Waals surface area contributed by atoms with Crippen LogP contribution in [0.4, 0.5) is 17.1 Å². The second kappa shape index (κ2) is 17.4. The number of aromatic nitrogens is 2. The van der Waals surface area contributed by atoms with Crippen LogP contribution < -0.4 is 46.4 Å². The fraction of sp³-hybridized carbons (Fsp3) is 0.108. The van der Waals surface area contributed by atoms with Crippen molar-refractivity contribution in [2.75, 3.05) is 4.90 Å². The molecule has 0 fully saturated rings. The molecule has 0 aliphatic carbocycles. The van der Waals surface area contributed by atoms with E-state index in [0.717, 1.165) is 5.69 Å². The molecule has 2 aromatic heterocycles. The summed E-state index contributed by atoms with van der Waals surface area (Å²) in [4.78, 5) is 2.71. The second-order valence-corrected chi connectivity index (χ2v) is 31.5. The van der Waals surface area contributed by atoms with Crippen LogP contribution in [0, 0.1) is 0 Å². The van der Waals surface area contributed by atoms with Crippen molar-refractivity contribution in [3.63, 3.8) is 0 Å². The molecule has 0 N–H and O–H groups in total. The van der Waals surface area contributed by atoms with Gasteiger partial charge in [0.1, 0.15) is 0 Å². The van der Waals surface area contributed by atoms with Crippen molar-refractivity contribution in [1.82, 2.24) is 9.13 Å². The first-order valence-corrected chi connectivity index (χ1v) is 32.0. The van der Waals surface area contributed by atoms with Gasteiger partial charge in [-0.25, -0.2) is 0 Å². The Bertz CT molecular complexity index is 4410. The Labute approximate surface area is 465 Å². The molecular formula is C74H61N3Si2. The van der Waals surface area contributed by atoms with Crippen molar-refractivity contribution >= 4 is 118 Å². The number of rotatable bonds is 6. The molecule has 1 atom stereocenters. The molecule has 2 aliphatic rings. The van der Waals surface area contributed by atoms with E-state index in [1.807, 2.05) is 0 Å². The minimum atomic E-state index is -3.22. The number of para-hydroxylation sites is 4. The van der Waals surface area contributed by atoms with Crippen LogP contribution in [0.1, 0.15) is 52.7 Å². The van der Waals surface area contributed by atoms with Crippen LogP contribution in [0.5, 0.6) is 0 Å². The van der Waals surface area contributed by atoms with Gasteiger partial charge in [-0.1, -0.05) is 236 Å². The lowest BCUT2D eigenvalue weighted by molar-refractivity contribution is 0.590. The highest BCUT2D eigenvalue weighted by atomic mass is 28.3. The Morgan fingerprint density at radius 2 is 0.684 bits per heavy atom. The van der Waals surface area contributed by atoms with E-state index in [9.17, 15) is 0 Å². The van der Waals surface area contributed by atoms with Crippen LogP contribution in [0.3, 0.4) is 0 Å². The van der Waals surface area contributed by atoms with Gasteiger partial charge in [0.05, 0.1) is 22.1 Å². The monoisotopic (exact) mass is 1050 g/mol. The van der Waals surface area contributed by atoms with Gasteiger partial charge in [-0.05, 0) is 130 Å². The lowest BCUT2D eigenvalue weighted by atomic mass is 9.85. The number of anilines is 3. The van der Waals surface area contributed by atoms with E-state index in [4.69, 9.17) is 0 Å². The summed E-state index contributed by atoms with van der Waals surface area (Å²) >= 11 is 0. The predicted octanol–water partition coefficient (Wildman–Crippen LogP) is 13.3. The van der Waals surface area contributed by atoms with Crippen LogP contribution in [0.25, 0.3) is 55.0 Å². The molecule has 79 heavy (non-hydrogen) atoms. The second-order valence-electron chi connectivity index (χ2n) is 24.1. The maximum atomic E-state index is 2.71. The van der Waals surface area contributed by atoms with Gasteiger partial charge in [0.25, 0.3) is 0 Å². The number of fused-ring (bicyclic) bond motifs is 10. The molecule has 11 aromatic carbocycles. The molecule has 2 aliphatic heterocycles. The van der Waals surface area contributed by atoms with Crippen molar-refractivity contribution in [1.29, 1.82) is 0 Å². The maximum Gasteiger partial charge on any atom is 0.184 e. The molecular weight excluding hydrogens is 987 g/mol. The number of nitrogens with zero attached hydrogens (tertiary/aromatic N) is 3. The smallest absolute Gasteiger partial charge is 0.184 e. The van der Waals surface area contributed by atoms with Crippen molar-refractivity contribution in [3.05, 3.63) is 272 Å². The zero-order valence-corrected chi connectivity index (χ0v) is 47.7. The highest BCUT2D eigenvalue weighted by Crippen LogP contribution is 2.44. The first-order chi connectivity index (χ1) is 38.5. The molecule has 15 rings (SSSR count). The largest absolute Gasteiger partial charge is 0.311 e. The summed E-state index contributed by atoms with van der Waals surface area (Å²) < 4.78 is 5.05. The molecule has 380 valence electrons. The average molecular weight is 1050 g/mol. The van der Waals surface area contributed by atoms with Crippen LogP contribution in [-0.4, -0.2) is 25.3 Å². The van der Waals surface area contributed by atoms with Gasteiger partial charge in [0.15, 0.2) is 16.1 Å². The third-order valence-corrected chi connectivity index (χ3v) is 27.4. The van der Waals surface area contributed by atoms with Crippen LogP contribution in [-0.2, 0) is 10.8 Å². The molecule has 5 heteroatoms. The third kappa shape index (κ3) is 6.76. The van der Waals surface area contributed by atoms with E-state index in [0.29, 0.717) is 0 Å². The first-order valence-electron chi connectivity index (χ1n) is 28.0. The first kappa shape index (κ1) is 47.5. The molecule has 0 spiro atoms. The SMILES string of the molecule is CC(C)(C)c1ccc2c(c1)c1cc(C(C)(C)C)ccc1n2-c1ccc2c(c1)N1c3ccccc3[Si](c3ccccc3)(c3cccc(-n4c5ccccc5c5ccccc54)c3)c3cccc(c31)[Si]2(c1ccccc1)c1ccccc1. The zero-order valence-electron chi connectivity index (χ0n) is 45.7. The van der Waals surface area contributed by atoms with E-state index in [1.165, 1.54) is 119 Å². The van der Waals surface area contributed by atoms with Crippen LogP contribution in [0.2, 0.25) is 0 Å². The Kier molecular flexibility index (Phi) is 10.4. The predicted molar refractivity (Wildman–Crippen MR) is 342 cm³/mol. The number of hydrogen-bond acceptors (Lipinski definition) is 1. The normalized spacial score (nSPS) is 15.6. The van der Waals surface area contributed by atoms with E-state index >= 15 is 0 Å². The van der Waals surface area contributed by atoms with E-state index < -0.39 is 16.1 Å². The Morgan fingerprint density at radius 3 is 1.22 bits per heavy atom. The molecule has 3 nitrogen and oxygen atoms in total. The summed E-state index contributed by atoms with van der Waals surface area (Å²) in [5.41, 5.74) is 13.7. The molecule has 13 aromatic rings. The Hall–Kier alpha value is -8.75. The summed E-state index contributed by atoms with van der Waals surface area (Å²) in [6.45, 7) is 14.0. The van der Waals surface area contributed by atoms with Gasteiger partial charge in [-0.15, -0.1) is 0 Å². The molecule has 0 radical (unpaired) electrons. The Balaban J connectivity index is 1.07. The molecule has 0 amide bonds. The summed E-state index contributed by atoms with van der Waals surface area (Å²) in [5, 5.41) is 16.2. The van der Waals surface area contributed by atoms with Crippen molar-refractivity contribution in [2.45, 2.75) is 52.4 Å². The molecule has 1 unspecified atom stereocenters. The zero-order chi connectivity index (χ0) is 53.4. The van der Waals surface area contributed by atoms with E-state index in [-0.39, 0.29) is 10.8 Å². The van der Waals surface area contributed by atoms with E-state index in [2.05, 4.69) is 316 Å². The molecule has 0 bridgehead atoms. The molecule has 0 saturated heterocycles. The molecule has 0 saturated carbocycles. The fourth-order valence-electron chi connectivity index (χ4n) is 14.2. The van der Waals surface area contributed by atoms with Gasteiger partial charge in [-0.2, -0.15) is 0 Å². The third-order valence-electron chi connectivity index (χ3n) is 17.7. The number of benzene rings is 11. The summed E-state index contributed by atoms with van der Waals surface area (Å²) in [6.07, 6.45) is 0. The standard InChI is InChI=1S/C74H61N3Si2/c1-73(2,3)50-40-43-64-60(46-50)61-47-51(74(4,5)6)41-44-65(61)76(64)53-42-45-69-67(49-53)77-66-36-20-21-37-68(66)79(56-29-14-9-15-30-56,57-31-22-24-52(48-57)75-62-34-18-16-32-58(62)59-33-17-19-35-63(59)75)71-39-23-38-70(72(71)77)78(69,54-25-10-7-11-26-54)55-27-12-8-13-28-55/h7-49H,1-6H3. The highest BCUT2D eigenvalue weighted by molar-refractivity contribution is 7.24. The quantitative estimate of drug-likeness (QED) is 0.151. The lowest BCUT2D eigenvalue weighted by Gasteiger charge is -2.52. The van der Waals surface area contributed by atoms with Gasteiger partial charge in [0.2, 0.25) is 0 Å². The topological polar surface area (TPSA) is 13.1 Å². The van der Waals surface area contributed by atoms with Crippen molar-refractivity contribution < 1.29 is 0 Å². The fourth-order valence-corrected chi connectivity index (χ4v) is 24.5. The highest BCUT2D eigenvalue weighted by Gasteiger charge is 2.56. The van der Waals surface area contributed by atoms with Gasteiger partial charge < -0.3 is 14.0 Å². The summed E-state index contributed by atoms with van der Waals surface area (Å²) in [5.74, 6) is 0. The van der Waals surface area contributed by atoms with Crippen LogP contribution in [0.15, 0.2) is 261 Å². The molecule has 4 heterocycles. The minimum Gasteiger partial charge on any atom is -0.311 e. The van der Waals surface area contributed by atoms with Gasteiger partial charge in [0, 0.05) is 50.0 Å². The van der Waals surface area contributed by atoms with E-state index in [1.54, 1.807) is 0 Å².